The Bertz CT molecular complexity index is 154. The lowest BCUT2D eigenvalue weighted by Gasteiger charge is -1.89. The lowest BCUT2D eigenvalue weighted by molar-refractivity contribution is -0.001000. The van der Waals surface area contributed by atoms with E-state index in [1.807, 2.05) is 0 Å². The zero-order chi connectivity index (χ0) is 5.98. The van der Waals surface area contributed by atoms with Gasteiger partial charge in [0.05, 0.1) is 11.9 Å². The number of hydrogen-bond acceptors (Lipinski definition) is 3. The largest absolute Gasteiger partial charge is 1.00 e. The number of nitrogen functional groups attached to an aromatic ring is 2. The summed E-state index contributed by atoms with van der Waals surface area (Å²) in [4.78, 5) is 3.73. The number of nitrogens with two attached hydrogens (primary N) is 2. The SMILES string of the molecule is Nc1ccc(N)nc1.[Cl-].[Cl-]. The molecule has 0 radical (unpaired) electrons. The van der Waals surface area contributed by atoms with Gasteiger partial charge in [-0.15, -0.1) is 0 Å². The Morgan fingerprint density at radius 1 is 1.10 bits per heavy atom. The number of nitrogens with zero attached hydrogens (tertiary/aromatic N) is 1. The summed E-state index contributed by atoms with van der Waals surface area (Å²) in [5, 5.41) is 0. The maximum Gasteiger partial charge on any atom is 0.123 e. The van der Waals surface area contributed by atoms with Crippen molar-refractivity contribution in [1.82, 2.24) is 4.98 Å². The van der Waals surface area contributed by atoms with E-state index in [9.17, 15) is 0 Å². The second kappa shape index (κ2) is 5.14. The van der Waals surface area contributed by atoms with Crippen LogP contribution in [0.3, 0.4) is 0 Å². The molecule has 1 heterocycles. The van der Waals surface area contributed by atoms with Gasteiger partial charge >= 0.3 is 0 Å². The van der Waals surface area contributed by atoms with Gasteiger partial charge in [0.25, 0.3) is 0 Å². The van der Waals surface area contributed by atoms with Crippen molar-refractivity contribution >= 4 is 11.5 Å². The highest BCUT2D eigenvalue weighted by Gasteiger charge is 1.82. The number of rotatable bonds is 0. The molecule has 0 saturated heterocycles. The summed E-state index contributed by atoms with van der Waals surface area (Å²) < 4.78 is 0. The molecule has 0 aliphatic heterocycles. The third kappa shape index (κ3) is 3.37. The molecule has 1 rings (SSSR count). The van der Waals surface area contributed by atoms with Crippen molar-refractivity contribution in [1.29, 1.82) is 0 Å². The molecule has 0 fully saturated rings. The normalized spacial score (nSPS) is 7.20. The molecule has 0 bridgehead atoms. The Balaban J connectivity index is 0. The van der Waals surface area contributed by atoms with Crippen LogP contribution in [0.1, 0.15) is 0 Å². The third-order valence-electron chi connectivity index (χ3n) is 0.809. The van der Waals surface area contributed by atoms with Crippen LogP contribution in [0.5, 0.6) is 0 Å². The fourth-order valence-corrected chi connectivity index (χ4v) is 0.417. The van der Waals surface area contributed by atoms with Crippen LogP contribution in [0.4, 0.5) is 11.5 Å². The van der Waals surface area contributed by atoms with Crippen LogP contribution in [0, 0.1) is 0 Å². The first kappa shape index (κ1) is 12.0. The highest BCUT2D eigenvalue weighted by atomic mass is 35.5. The maximum atomic E-state index is 5.31. The van der Waals surface area contributed by atoms with Crippen LogP contribution in [-0.4, -0.2) is 4.98 Å². The summed E-state index contributed by atoms with van der Waals surface area (Å²) in [6, 6.07) is 3.37. The molecule has 58 valence electrons. The van der Waals surface area contributed by atoms with Crippen molar-refractivity contribution in [2.45, 2.75) is 0 Å². The van der Waals surface area contributed by atoms with Crippen LogP contribution in [0.25, 0.3) is 0 Å². The molecule has 0 aromatic carbocycles. The molecule has 0 spiro atoms. The number of halogens is 2. The van der Waals surface area contributed by atoms with Gasteiger partial charge in [0, 0.05) is 0 Å². The van der Waals surface area contributed by atoms with Gasteiger partial charge in [-0.25, -0.2) is 4.98 Å². The van der Waals surface area contributed by atoms with Crippen molar-refractivity contribution in [3.8, 4) is 0 Å². The first-order valence-electron chi connectivity index (χ1n) is 2.26. The summed E-state index contributed by atoms with van der Waals surface area (Å²) in [7, 11) is 0. The van der Waals surface area contributed by atoms with E-state index in [2.05, 4.69) is 4.98 Å². The Kier molecular flexibility index (Phi) is 6.20. The van der Waals surface area contributed by atoms with E-state index in [4.69, 9.17) is 11.5 Å². The Morgan fingerprint density at radius 2 is 1.70 bits per heavy atom. The van der Waals surface area contributed by atoms with E-state index in [1.165, 1.54) is 6.20 Å². The van der Waals surface area contributed by atoms with Gasteiger partial charge in [0.15, 0.2) is 0 Å². The zero-order valence-corrected chi connectivity index (χ0v) is 6.60. The van der Waals surface area contributed by atoms with Crippen molar-refractivity contribution in [3.63, 3.8) is 0 Å². The summed E-state index contributed by atoms with van der Waals surface area (Å²) in [5.41, 5.74) is 11.2. The van der Waals surface area contributed by atoms with E-state index in [-0.39, 0.29) is 24.8 Å². The first-order chi connectivity index (χ1) is 3.79. The lowest BCUT2D eigenvalue weighted by atomic mass is 10.4. The Morgan fingerprint density at radius 3 is 2.00 bits per heavy atom. The number of anilines is 2. The summed E-state index contributed by atoms with van der Waals surface area (Å²) in [5.74, 6) is 0.499. The van der Waals surface area contributed by atoms with Gasteiger partial charge in [0.2, 0.25) is 0 Å². The third-order valence-corrected chi connectivity index (χ3v) is 0.809. The molecule has 0 aliphatic rings. The van der Waals surface area contributed by atoms with Crippen LogP contribution >= 0.6 is 0 Å². The fourth-order valence-electron chi connectivity index (χ4n) is 0.417. The topological polar surface area (TPSA) is 64.9 Å². The minimum atomic E-state index is 0. The average Bonchev–Trinajstić information content (AvgIpc) is 1.77. The molecule has 10 heavy (non-hydrogen) atoms. The van der Waals surface area contributed by atoms with E-state index in [0.717, 1.165) is 0 Å². The monoisotopic (exact) mass is 179 g/mol. The fraction of sp³-hybridized carbons (Fsp3) is 0. The summed E-state index contributed by atoms with van der Waals surface area (Å²) in [6.07, 6.45) is 1.52. The van der Waals surface area contributed by atoms with Gasteiger partial charge < -0.3 is 36.3 Å². The van der Waals surface area contributed by atoms with Crippen molar-refractivity contribution in [3.05, 3.63) is 18.3 Å². The molecular formula is C5H7Cl2N3-2. The molecule has 0 saturated carbocycles. The Labute approximate surface area is 71.6 Å². The van der Waals surface area contributed by atoms with Crippen molar-refractivity contribution in [2.75, 3.05) is 11.5 Å². The van der Waals surface area contributed by atoms with Crippen LogP contribution < -0.4 is 36.3 Å². The van der Waals surface area contributed by atoms with E-state index in [0.29, 0.717) is 11.5 Å². The smallest absolute Gasteiger partial charge is 0.123 e. The molecule has 1 aromatic rings. The summed E-state index contributed by atoms with van der Waals surface area (Å²) >= 11 is 0. The van der Waals surface area contributed by atoms with Gasteiger partial charge in [-0.1, -0.05) is 0 Å². The van der Waals surface area contributed by atoms with E-state index in [1.54, 1.807) is 12.1 Å². The second-order valence-corrected chi connectivity index (χ2v) is 1.52. The molecule has 0 atom stereocenters. The molecular weight excluding hydrogens is 173 g/mol. The van der Waals surface area contributed by atoms with Crippen LogP contribution in [0.2, 0.25) is 0 Å². The molecule has 4 N–H and O–H groups in total. The molecule has 3 nitrogen and oxygen atoms in total. The quantitative estimate of drug-likeness (QED) is 0.418. The minimum absolute atomic E-state index is 0. The zero-order valence-electron chi connectivity index (χ0n) is 5.09. The van der Waals surface area contributed by atoms with Crippen molar-refractivity contribution < 1.29 is 24.8 Å². The molecule has 5 heteroatoms. The Hall–Kier alpha value is -0.670. The minimum Gasteiger partial charge on any atom is -1.00 e. The lowest BCUT2D eigenvalue weighted by Crippen LogP contribution is -3.00. The molecule has 0 unspecified atom stereocenters. The summed E-state index contributed by atoms with van der Waals surface area (Å²) in [6.45, 7) is 0. The van der Waals surface area contributed by atoms with Crippen molar-refractivity contribution in [2.24, 2.45) is 0 Å². The number of pyridine rings is 1. The highest BCUT2D eigenvalue weighted by Crippen LogP contribution is 1.99. The first-order valence-corrected chi connectivity index (χ1v) is 2.26. The van der Waals surface area contributed by atoms with E-state index < -0.39 is 0 Å². The number of aromatic nitrogens is 1. The number of hydrogen-bond donors (Lipinski definition) is 2. The van der Waals surface area contributed by atoms with E-state index >= 15 is 0 Å². The molecule has 0 amide bonds. The molecule has 0 aliphatic carbocycles. The average molecular weight is 180 g/mol. The predicted octanol–water partition coefficient (Wildman–Crippen LogP) is -5.75. The second-order valence-electron chi connectivity index (χ2n) is 1.52. The molecule has 1 aromatic heterocycles. The maximum absolute atomic E-state index is 5.31. The predicted molar refractivity (Wildman–Crippen MR) is 33.1 cm³/mol. The van der Waals surface area contributed by atoms with Crippen LogP contribution in [-0.2, 0) is 0 Å². The van der Waals surface area contributed by atoms with Crippen LogP contribution in [0.15, 0.2) is 18.3 Å². The standard InChI is InChI=1S/C5H7N3.2ClH/c6-4-1-2-5(7)8-3-4;;/h1-3H,6H2,(H2,7,8);2*1H/p-2. The van der Waals surface area contributed by atoms with Gasteiger partial charge in [0.1, 0.15) is 5.82 Å². The van der Waals surface area contributed by atoms with Gasteiger partial charge in [-0.05, 0) is 12.1 Å². The van der Waals surface area contributed by atoms with Gasteiger partial charge in [-0.3, -0.25) is 0 Å². The van der Waals surface area contributed by atoms with Gasteiger partial charge in [-0.2, -0.15) is 0 Å². The highest BCUT2D eigenvalue weighted by molar-refractivity contribution is 5.40.